The Balaban J connectivity index is 1.98. The molecule has 1 atom stereocenters. The number of carbonyl (C=O) groups excluding carboxylic acids is 2. The van der Waals surface area contributed by atoms with Gasteiger partial charge in [-0.15, -0.1) is 0 Å². The number of halogens is 1. The molecule has 160 valence electrons. The van der Waals surface area contributed by atoms with E-state index in [1.165, 1.54) is 9.80 Å². The van der Waals surface area contributed by atoms with Crippen LogP contribution in [0.3, 0.4) is 0 Å². The molecule has 0 saturated heterocycles. The van der Waals surface area contributed by atoms with Crippen molar-refractivity contribution >= 4 is 29.1 Å². The zero-order valence-corrected chi connectivity index (χ0v) is 18.8. The third-order valence-corrected chi connectivity index (χ3v) is 5.31. The summed E-state index contributed by atoms with van der Waals surface area (Å²) in [6.07, 6.45) is 5.19. The van der Waals surface area contributed by atoms with Crippen LogP contribution < -0.4 is 4.90 Å². The van der Waals surface area contributed by atoms with Crippen molar-refractivity contribution in [3.05, 3.63) is 77.3 Å². The number of urea groups is 1. The standard InChI is InChI=1S/C24H25ClN4O2/c1-16(22-15-26-9-10-27-22)11-23(30)19-12-18(17-5-7-20(25)8-6-17)13-21(14-19)29(4)24(31)28(2)3/h5-10,12-16H,11H2,1-4H3. The maximum absolute atomic E-state index is 13.2. The van der Waals surface area contributed by atoms with Gasteiger partial charge in [-0.1, -0.05) is 30.7 Å². The van der Waals surface area contributed by atoms with E-state index in [0.717, 1.165) is 16.8 Å². The number of anilines is 1. The van der Waals surface area contributed by atoms with Crippen LogP contribution in [0.2, 0.25) is 5.02 Å². The molecule has 2 amide bonds. The third-order valence-electron chi connectivity index (χ3n) is 5.05. The van der Waals surface area contributed by atoms with Crippen LogP contribution in [0.4, 0.5) is 10.5 Å². The number of carbonyl (C=O) groups is 2. The largest absolute Gasteiger partial charge is 0.330 e. The first-order chi connectivity index (χ1) is 14.8. The van der Waals surface area contributed by atoms with E-state index in [1.54, 1.807) is 57.9 Å². The number of ketones is 1. The fourth-order valence-corrected chi connectivity index (χ4v) is 3.38. The molecule has 0 aliphatic carbocycles. The lowest BCUT2D eigenvalue weighted by atomic mass is 9.94. The average molecular weight is 437 g/mol. The van der Waals surface area contributed by atoms with Gasteiger partial charge < -0.3 is 4.90 Å². The van der Waals surface area contributed by atoms with Crippen LogP contribution in [0.25, 0.3) is 11.1 Å². The highest BCUT2D eigenvalue weighted by molar-refractivity contribution is 6.30. The molecule has 3 aromatic rings. The van der Waals surface area contributed by atoms with E-state index >= 15 is 0 Å². The van der Waals surface area contributed by atoms with E-state index in [4.69, 9.17) is 11.6 Å². The Hall–Kier alpha value is -3.25. The molecule has 3 rings (SSSR count). The molecule has 1 unspecified atom stereocenters. The quantitative estimate of drug-likeness (QED) is 0.492. The van der Waals surface area contributed by atoms with Gasteiger partial charge in [0.2, 0.25) is 0 Å². The predicted octanol–water partition coefficient (Wildman–Crippen LogP) is 5.29. The number of aromatic nitrogens is 2. The molecular weight excluding hydrogens is 412 g/mol. The zero-order valence-electron chi connectivity index (χ0n) is 18.0. The van der Waals surface area contributed by atoms with E-state index in [-0.39, 0.29) is 24.2 Å². The van der Waals surface area contributed by atoms with E-state index < -0.39 is 0 Å². The Bertz CT molecular complexity index is 1070. The highest BCUT2D eigenvalue weighted by atomic mass is 35.5. The fourth-order valence-electron chi connectivity index (χ4n) is 3.25. The van der Waals surface area contributed by atoms with Gasteiger partial charge in [-0.3, -0.25) is 19.7 Å². The summed E-state index contributed by atoms with van der Waals surface area (Å²) in [5.41, 5.74) is 3.69. The van der Waals surface area contributed by atoms with Crippen molar-refractivity contribution in [3.8, 4) is 11.1 Å². The molecule has 1 heterocycles. The van der Waals surface area contributed by atoms with Crippen LogP contribution in [0.1, 0.15) is 35.3 Å². The molecule has 1 aromatic heterocycles. The summed E-state index contributed by atoms with van der Waals surface area (Å²) in [5.74, 6) is -0.106. The van der Waals surface area contributed by atoms with E-state index in [2.05, 4.69) is 9.97 Å². The summed E-state index contributed by atoms with van der Waals surface area (Å²) >= 11 is 6.03. The lowest BCUT2D eigenvalue weighted by Gasteiger charge is -2.23. The topological polar surface area (TPSA) is 66.4 Å². The molecular formula is C24H25ClN4O2. The highest BCUT2D eigenvalue weighted by Crippen LogP contribution is 2.30. The number of amides is 2. The summed E-state index contributed by atoms with van der Waals surface area (Å²) in [6.45, 7) is 1.95. The number of hydrogen-bond donors (Lipinski definition) is 0. The molecule has 2 aromatic carbocycles. The molecule has 0 bridgehead atoms. The SMILES string of the molecule is CC(CC(=O)c1cc(-c2ccc(Cl)cc2)cc(N(C)C(=O)N(C)C)c1)c1cnccn1. The smallest absolute Gasteiger partial charge is 0.323 e. The van der Waals surface area contributed by atoms with Gasteiger partial charge in [0.25, 0.3) is 0 Å². The number of benzene rings is 2. The minimum Gasteiger partial charge on any atom is -0.330 e. The zero-order chi connectivity index (χ0) is 22.5. The van der Waals surface area contributed by atoms with Gasteiger partial charge in [-0.2, -0.15) is 0 Å². The van der Waals surface area contributed by atoms with Crippen LogP contribution in [0, 0.1) is 0 Å². The maximum Gasteiger partial charge on any atom is 0.323 e. The van der Waals surface area contributed by atoms with Crippen molar-refractivity contribution in [2.24, 2.45) is 0 Å². The molecule has 0 saturated carbocycles. The van der Waals surface area contributed by atoms with Crippen LogP contribution in [0.5, 0.6) is 0 Å². The molecule has 0 aliphatic rings. The first-order valence-corrected chi connectivity index (χ1v) is 10.3. The normalized spacial score (nSPS) is 11.6. The Kier molecular flexibility index (Phi) is 7.02. The second kappa shape index (κ2) is 9.71. The maximum atomic E-state index is 13.2. The molecule has 0 radical (unpaired) electrons. The van der Waals surface area contributed by atoms with Crippen LogP contribution in [-0.2, 0) is 0 Å². The minimum absolute atomic E-state index is 0.0269. The summed E-state index contributed by atoms with van der Waals surface area (Å²) < 4.78 is 0. The Morgan fingerprint density at radius 3 is 2.32 bits per heavy atom. The molecule has 6 nitrogen and oxygen atoms in total. The van der Waals surface area contributed by atoms with Gasteiger partial charge in [-0.05, 0) is 41.5 Å². The molecule has 31 heavy (non-hydrogen) atoms. The first-order valence-electron chi connectivity index (χ1n) is 9.91. The highest BCUT2D eigenvalue weighted by Gasteiger charge is 2.19. The van der Waals surface area contributed by atoms with Crippen molar-refractivity contribution < 1.29 is 9.59 Å². The van der Waals surface area contributed by atoms with Crippen molar-refractivity contribution in [3.63, 3.8) is 0 Å². The van der Waals surface area contributed by atoms with Gasteiger partial charge in [0.05, 0.1) is 5.69 Å². The Morgan fingerprint density at radius 2 is 1.71 bits per heavy atom. The van der Waals surface area contributed by atoms with Crippen molar-refractivity contribution in [1.82, 2.24) is 14.9 Å². The van der Waals surface area contributed by atoms with Gasteiger partial charge >= 0.3 is 6.03 Å². The lowest BCUT2D eigenvalue weighted by Crippen LogP contribution is -2.36. The predicted molar refractivity (Wildman–Crippen MR) is 124 cm³/mol. The molecule has 0 aliphatic heterocycles. The summed E-state index contributed by atoms with van der Waals surface area (Å²) in [4.78, 5) is 37.1. The van der Waals surface area contributed by atoms with Crippen LogP contribution >= 0.6 is 11.6 Å². The second-order valence-corrected chi connectivity index (χ2v) is 8.11. The fraction of sp³-hybridized carbons (Fsp3) is 0.250. The number of Topliss-reactive ketones (excluding diaryl/α,β-unsaturated/α-hetero) is 1. The Morgan fingerprint density at radius 1 is 1.00 bits per heavy atom. The first kappa shape index (κ1) is 22.4. The van der Waals surface area contributed by atoms with Crippen molar-refractivity contribution in [2.45, 2.75) is 19.3 Å². The van der Waals surface area contributed by atoms with Gasteiger partial charge in [0.1, 0.15) is 0 Å². The van der Waals surface area contributed by atoms with Gasteiger partial charge in [0.15, 0.2) is 5.78 Å². The number of rotatable bonds is 6. The third kappa shape index (κ3) is 5.47. The number of nitrogens with zero attached hydrogens (tertiary/aromatic N) is 4. The Labute approximate surface area is 187 Å². The second-order valence-electron chi connectivity index (χ2n) is 7.67. The van der Waals surface area contributed by atoms with E-state index in [9.17, 15) is 9.59 Å². The molecule has 0 spiro atoms. The van der Waals surface area contributed by atoms with Gasteiger partial charge in [0, 0.05) is 68.3 Å². The molecule has 0 N–H and O–H groups in total. The molecule has 7 heteroatoms. The van der Waals surface area contributed by atoms with E-state index in [1.807, 2.05) is 31.2 Å². The summed E-state index contributed by atoms with van der Waals surface area (Å²) in [7, 11) is 5.08. The minimum atomic E-state index is -0.181. The lowest BCUT2D eigenvalue weighted by molar-refractivity contribution is 0.0975. The van der Waals surface area contributed by atoms with Crippen LogP contribution in [0.15, 0.2) is 61.1 Å². The van der Waals surface area contributed by atoms with Crippen molar-refractivity contribution in [2.75, 3.05) is 26.0 Å². The van der Waals surface area contributed by atoms with Crippen LogP contribution in [-0.4, -0.2) is 47.8 Å². The van der Waals surface area contributed by atoms with Gasteiger partial charge in [-0.25, -0.2) is 4.79 Å². The van der Waals surface area contributed by atoms with Crippen molar-refractivity contribution in [1.29, 1.82) is 0 Å². The monoisotopic (exact) mass is 436 g/mol. The summed E-state index contributed by atoms with van der Waals surface area (Å²) in [5, 5.41) is 0.633. The number of hydrogen-bond acceptors (Lipinski definition) is 4. The van der Waals surface area contributed by atoms with E-state index in [0.29, 0.717) is 16.3 Å². The summed E-state index contributed by atoms with van der Waals surface area (Å²) in [6, 6.07) is 12.7. The molecule has 0 fully saturated rings. The average Bonchev–Trinajstić information content (AvgIpc) is 2.78.